The minimum absolute atomic E-state index is 0.0699. The number of ether oxygens (including phenoxy) is 2. The summed E-state index contributed by atoms with van der Waals surface area (Å²) in [5, 5.41) is 0. The van der Waals surface area contributed by atoms with Gasteiger partial charge in [-0.2, -0.15) is 17.6 Å². The molecule has 0 fully saturated rings. The Morgan fingerprint density at radius 3 is 2.07 bits per heavy atom. The Balaban J connectivity index is 1.73. The average molecular weight is 422 g/mol. The maximum Gasteiger partial charge on any atom is 0.426 e. The summed E-state index contributed by atoms with van der Waals surface area (Å²) in [5.41, 5.74) is 1.58. The summed E-state index contributed by atoms with van der Waals surface area (Å²) in [5.74, 6) is -1.59. The summed E-state index contributed by atoms with van der Waals surface area (Å²) in [4.78, 5) is 0. The van der Waals surface area contributed by atoms with Gasteiger partial charge in [-0.05, 0) is 59.5 Å². The highest BCUT2D eigenvalue weighted by atomic mass is 19.3. The van der Waals surface area contributed by atoms with Crippen molar-refractivity contribution >= 4 is 0 Å². The van der Waals surface area contributed by atoms with Gasteiger partial charge in [-0.15, -0.1) is 0 Å². The molecular formula is C23H19F5O2. The van der Waals surface area contributed by atoms with Gasteiger partial charge in [0.1, 0.15) is 5.75 Å². The van der Waals surface area contributed by atoms with Crippen LogP contribution in [0.4, 0.5) is 22.0 Å². The predicted octanol–water partition coefficient (Wildman–Crippen LogP) is 7.17. The van der Waals surface area contributed by atoms with Gasteiger partial charge < -0.3 is 9.47 Å². The zero-order valence-electron chi connectivity index (χ0n) is 16.0. The molecule has 0 saturated heterocycles. The number of hydrogen-bond acceptors (Lipinski definition) is 2. The maximum absolute atomic E-state index is 14.4. The Labute approximate surface area is 170 Å². The zero-order valence-corrected chi connectivity index (χ0v) is 16.0. The van der Waals surface area contributed by atoms with Gasteiger partial charge in [0.25, 0.3) is 0 Å². The Kier molecular flexibility index (Phi) is 6.59. The highest BCUT2D eigenvalue weighted by molar-refractivity contribution is 5.65. The lowest BCUT2D eigenvalue weighted by Crippen LogP contribution is -2.21. The smallest absolute Gasteiger partial charge is 0.426 e. The van der Waals surface area contributed by atoms with Gasteiger partial charge in [-0.3, -0.25) is 0 Å². The van der Waals surface area contributed by atoms with Gasteiger partial charge in [-0.25, -0.2) is 4.39 Å². The number of benzene rings is 3. The molecule has 0 heterocycles. The maximum atomic E-state index is 14.4. The molecule has 0 amide bonds. The van der Waals surface area contributed by atoms with Crippen LogP contribution in [-0.4, -0.2) is 6.61 Å². The third-order valence-corrected chi connectivity index (χ3v) is 4.41. The van der Waals surface area contributed by atoms with Crippen LogP contribution >= 0.6 is 0 Å². The third kappa shape index (κ3) is 5.28. The summed E-state index contributed by atoms with van der Waals surface area (Å²) in [7, 11) is 0. The molecule has 0 bridgehead atoms. The molecule has 0 aliphatic carbocycles. The Hall–Kier alpha value is -3.09. The molecule has 0 atom stereocenters. The molecule has 3 aromatic carbocycles. The summed E-state index contributed by atoms with van der Waals surface area (Å²) in [6.07, 6.45) is -1.79. The van der Waals surface area contributed by atoms with Crippen molar-refractivity contribution in [3.05, 3.63) is 83.7 Å². The van der Waals surface area contributed by atoms with Crippen LogP contribution in [0.1, 0.15) is 24.5 Å². The SMILES string of the molecule is CCCc1ccc(C(F)(F)Oc2ccc(-c3ccc(OC(F)F)c(F)c3)cc2)cc1. The number of hydrogen-bond donors (Lipinski definition) is 0. The van der Waals surface area contributed by atoms with Crippen LogP contribution in [0.25, 0.3) is 11.1 Å². The normalized spacial score (nSPS) is 11.6. The molecule has 0 N–H and O–H groups in total. The van der Waals surface area contributed by atoms with Gasteiger partial charge in [0.15, 0.2) is 11.6 Å². The van der Waals surface area contributed by atoms with E-state index in [1.165, 1.54) is 42.5 Å². The molecule has 0 unspecified atom stereocenters. The van der Waals surface area contributed by atoms with Gasteiger partial charge >= 0.3 is 12.7 Å². The summed E-state index contributed by atoms with van der Waals surface area (Å²) in [6.45, 7) is -1.12. The molecular weight excluding hydrogens is 403 g/mol. The van der Waals surface area contributed by atoms with Crippen molar-refractivity contribution in [2.75, 3.05) is 0 Å². The fraction of sp³-hybridized carbons (Fsp3) is 0.217. The van der Waals surface area contributed by atoms with Crippen LogP contribution in [0, 0.1) is 5.82 Å². The second kappa shape index (κ2) is 9.15. The summed E-state index contributed by atoms with van der Waals surface area (Å²) in [6, 6.07) is 15.1. The topological polar surface area (TPSA) is 18.5 Å². The standard InChI is InChI=1S/C23H19F5O2/c1-2-3-15-4-9-18(10-5-15)23(27,28)30-19-11-6-16(7-12-19)17-8-13-21(20(24)14-17)29-22(25)26/h4-14,22H,2-3H2,1H3. The largest absolute Gasteiger partial charge is 0.432 e. The molecule has 0 aromatic heterocycles. The second-order valence-corrected chi connectivity index (χ2v) is 6.61. The molecule has 0 aliphatic rings. The molecule has 0 spiro atoms. The molecule has 3 rings (SSSR count). The van der Waals surface area contributed by atoms with E-state index >= 15 is 0 Å². The Bertz CT molecular complexity index is 970. The van der Waals surface area contributed by atoms with Crippen molar-refractivity contribution in [2.24, 2.45) is 0 Å². The van der Waals surface area contributed by atoms with Crippen LogP contribution in [0.2, 0.25) is 0 Å². The fourth-order valence-corrected chi connectivity index (χ4v) is 2.95. The number of halogens is 5. The molecule has 0 radical (unpaired) electrons. The van der Waals surface area contributed by atoms with E-state index < -0.39 is 24.3 Å². The van der Waals surface area contributed by atoms with Crippen LogP contribution in [0.3, 0.4) is 0 Å². The lowest BCUT2D eigenvalue weighted by molar-refractivity contribution is -0.185. The van der Waals surface area contributed by atoms with Crippen LogP contribution in [0.15, 0.2) is 66.7 Å². The molecule has 0 saturated carbocycles. The van der Waals surface area contributed by atoms with Gasteiger partial charge in [0.2, 0.25) is 0 Å². The monoisotopic (exact) mass is 422 g/mol. The first-order chi connectivity index (χ1) is 14.3. The molecule has 30 heavy (non-hydrogen) atoms. The highest BCUT2D eigenvalue weighted by Crippen LogP contribution is 2.33. The average Bonchev–Trinajstić information content (AvgIpc) is 2.70. The Morgan fingerprint density at radius 1 is 0.867 bits per heavy atom. The lowest BCUT2D eigenvalue weighted by Gasteiger charge is -2.19. The van der Waals surface area contributed by atoms with Crippen molar-refractivity contribution in [1.29, 1.82) is 0 Å². The van der Waals surface area contributed by atoms with E-state index in [0.29, 0.717) is 11.1 Å². The molecule has 3 aromatic rings. The van der Waals surface area contributed by atoms with Crippen LogP contribution in [0.5, 0.6) is 11.5 Å². The van der Waals surface area contributed by atoms with E-state index in [9.17, 15) is 22.0 Å². The van der Waals surface area contributed by atoms with Gasteiger partial charge in [0.05, 0.1) is 5.56 Å². The van der Waals surface area contributed by atoms with Crippen molar-refractivity contribution in [3.8, 4) is 22.6 Å². The van der Waals surface area contributed by atoms with E-state index in [1.54, 1.807) is 12.1 Å². The minimum Gasteiger partial charge on any atom is -0.432 e. The number of aryl methyl sites for hydroxylation is 1. The third-order valence-electron chi connectivity index (χ3n) is 4.41. The minimum atomic E-state index is -3.52. The molecule has 2 nitrogen and oxygen atoms in total. The summed E-state index contributed by atoms with van der Waals surface area (Å²) < 4.78 is 76.1. The van der Waals surface area contributed by atoms with Crippen LogP contribution in [-0.2, 0) is 12.5 Å². The van der Waals surface area contributed by atoms with E-state index in [2.05, 4.69) is 4.74 Å². The highest BCUT2D eigenvalue weighted by Gasteiger charge is 2.34. The summed E-state index contributed by atoms with van der Waals surface area (Å²) >= 11 is 0. The first kappa shape index (κ1) is 21.6. The Morgan fingerprint density at radius 2 is 1.50 bits per heavy atom. The number of alkyl halides is 4. The molecule has 158 valence electrons. The quantitative estimate of drug-likeness (QED) is 0.358. The van der Waals surface area contributed by atoms with E-state index in [1.807, 2.05) is 6.92 Å². The lowest BCUT2D eigenvalue weighted by atomic mass is 10.1. The zero-order chi connectivity index (χ0) is 21.7. The van der Waals surface area contributed by atoms with Gasteiger partial charge in [-0.1, -0.05) is 43.7 Å². The first-order valence-corrected chi connectivity index (χ1v) is 9.29. The van der Waals surface area contributed by atoms with Crippen molar-refractivity contribution in [2.45, 2.75) is 32.5 Å². The van der Waals surface area contributed by atoms with Gasteiger partial charge in [0, 0.05) is 0 Å². The van der Waals surface area contributed by atoms with E-state index in [4.69, 9.17) is 4.74 Å². The van der Waals surface area contributed by atoms with Crippen molar-refractivity contribution < 1.29 is 31.4 Å². The van der Waals surface area contributed by atoms with E-state index in [-0.39, 0.29) is 11.3 Å². The van der Waals surface area contributed by atoms with Crippen molar-refractivity contribution in [1.82, 2.24) is 0 Å². The number of rotatable bonds is 8. The van der Waals surface area contributed by atoms with E-state index in [0.717, 1.165) is 30.5 Å². The first-order valence-electron chi connectivity index (χ1n) is 9.29. The molecule has 0 aliphatic heterocycles. The van der Waals surface area contributed by atoms with Crippen molar-refractivity contribution in [3.63, 3.8) is 0 Å². The van der Waals surface area contributed by atoms with Crippen LogP contribution < -0.4 is 9.47 Å². The fourth-order valence-electron chi connectivity index (χ4n) is 2.95. The molecule has 7 heteroatoms. The predicted molar refractivity (Wildman–Crippen MR) is 103 cm³/mol. The second-order valence-electron chi connectivity index (χ2n) is 6.61.